The highest BCUT2D eigenvalue weighted by Crippen LogP contribution is 2.20. The molecule has 0 aliphatic carbocycles. The molecule has 0 radical (unpaired) electrons. The molecule has 0 saturated carbocycles. The van der Waals surface area contributed by atoms with Gasteiger partial charge in [0, 0.05) is 17.3 Å². The van der Waals surface area contributed by atoms with Gasteiger partial charge in [0.2, 0.25) is 5.91 Å². The average molecular weight is 422 g/mol. The maximum Gasteiger partial charge on any atom is 0.243 e. The fourth-order valence-electron chi connectivity index (χ4n) is 4.11. The predicted octanol–water partition coefficient (Wildman–Crippen LogP) is 4.98. The third kappa shape index (κ3) is 3.81. The van der Waals surface area contributed by atoms with Crippen LogP contribution in [0.3, 0.4) is 0 Å². The number of hydrogen-bond acceptors (Lipinski definition) is 3. The Balaban J connectivity index is 1.56. The molecule has 0 aliphatic heterocycles. The molecule has 0 saturated heterocycles. The topological polar surface area (TPSA) is 55.5 Å². The molecule has 2 heterocycles. The first-order valence-electron chi connectivity index (χ1n) is 10.5. The van der Waals surface area contributed by atoms with Crippen LogP contribution in [-0.2, 0) is 24.4 Å². The first-order valence-corrected chi connectivity index (χ1v) is 10.5. The van der Waals surface area contributed by atoms with Crippen molar-refractivity contribution in [2.24, 2.45) is 0 Å². The van der Waals surface area contributed by atoms with Crippen LogP contribution in [-0.4, -0.2) is 15.4 Å². The van der Waals surface area contributed by atoms with Crippen LogP contribution in [0.2, 0.25) is 0 Å². The van der Waals surface area contributed by atoms with Gasteiger partial charge in [-0.1, -0.05) is 54.6 Å². The van der Waals surface area contributed by atoms with Gasteiger partial charge in [-0.15, -0.1) is 0 Å². The standard InChI is InChI=1S/C27H22N2O3/c30-26(28(18-21-11-8-16-32-21)17-20-9-2-1-3-10-20)19-29-24-14-6-4-12-22(24)27(31)23-13-5-7-15-25(23)29/h1-16H,17-19H2. The number of furan rings is 1. The van der Waals surface area contributed by atoms with Crippen LogP contribution in [0.4, 0.5) is 0 Å². The van der Waals surface area contributed by atoms with Crippen LogP contribution in [0.5, 0.6) is 0 Å². The summed E-state index contributed by atoms with van der Waals surface area (Å²) in [5, 5.41) is 1.22. The van der Waals surface area contributed by atoms with Gasteiger partial charge in [-0.05, 0) is 42.0 Å². The smallest absolute Gasteiger partial charge is 0.243 e. The van der Waals surface area contributed by atoms with Crippen LogP contribution in [0.25, 0.3) is 21.8 Å². The van der Waals surface area contributed by atoms with Crippen molar-refractivity contribution in [1.29, 1.82) is 0 Å². The number of nitrogens with zero attached hydrogens (tertiary/aromatic N) is 2. The summed E-state index contributed by atoms with van der Waals surface area (Å²) < 4.78 is 7.46. The minimum absolute atomic E-state index is 0.0170. The molecule has 0 fully saturated rings. The molecule has 5 rings (SSSR count). The second kappa shape index (κ2) is 8.55. The summed E-state index contributed by atoms with van der Waals surface area (Å²) in [6, 6.07) is 28.5. The number of hydrogen-bond donors (Lipinski definition) is 0. The molecule has 5 heteroatoms. The largest absolute Gasteiger partial charge is 0.467 e. The fraction of sp³-hybridized carbons (Fsp3) is 0.111. The van der Waals surface area contributed by atoms with Crippen molar-refractivity contribution in [3.63, 3.8) is 0 Å². The van der Waals surface area contributed by atoms with Gasteiger partial charge >= 0.3 is 0 Å². The molecule has 0 aliphatic rings. The summed E-state index contributed by atoms with van der Waals surface area (Å²) in [6.45, 7) is 0.960. The van der Waals surface area contributed by atoms with E-state index in [9.17, 15) is 9.59 Å². The summed E-state index contributed by atoms with van der Waals surface area (Å²) >= 11 is 0. The molecular weight excluding hydrogens is 400 g/mol. The Bertz CT molecular complexity index is 1380. The van der Waals surface area contributed by atoms with E-state index in [1.165, 1.54) is 0 Å². The highest BCUT2D eigenvalue weighted by Gasteiger charge is 2.19. The first kappa shape index (κ1) is 19.8. The molecule has 0 N–H and O–H groups in total. The van der Waals surface area contributed by atoms with E-state index >= 15 is 0 Å². The van der Waals surface area contributed by atoms with E-state index in [1.54, 1.807) is 11.2 Å². The summed E-state index contributed by atoms with van der Waals surface area (Å²) in [5.74, 6) is 0.674. The number of benzene rings is 3. The monoisotopic (exact) mass is 422 g/mol. The number of fused-ring (bicyclic) bond motifs is 2. The molecule has 0 bridgehead atoms. The quantitative estimate of drug-likeness (QED) is 0.363. The van der Waals surface area contributed by atoms with Crippen LogP contribution in [0.15, 0.2) is 106 Å². The third-order valence-corrected chi connectivity index (χ3v) is 5.67. The van der Waals surface area contributed by atoms with E-state index in [1.807, 2.05) is 95.6 Å². The van der Waals surface area contributed by atoms with Crippen molar-refractivity contribution >= 4 is 27.7 Å². The zero-order valence-corrected chi connectivity index (χ0v) is 17.5. The normalized spacial score (nSPS) is 11.1. The number of rotatable bonds is 6. The predicted molar refractivity (Wildman–Crippen MR) is 125 cm³/mol. The molecular formula is C27H22N2O3. The van der Waals surface area contributed by atoms with E-state index in [4.69, 9.17) is 4.42 Å². The number of amides is 1. The van der Waals surface area contributed by atoms with Crippen molar-refractivity contribution in [3.05, 3.63) is 119 Å². The summed E-state index contributed by atoms with van der Waals surface area (Å²) in [4.78, 5) is 28.4. The van der Waals surface area contributed by atoms with E-state index < -0.39 is 0 Å². The number of para-hydroxylation sites is 2. The van der Waals surface area contributed by atoms with Gasteiger partial charge in [0.25, 0.3) is 0 Å². The van der Waals surface area contributed by atoms with Crippen LogP contribution < -0.4 is 5.43 Å². The zero-order valence-electron chi connectivity index (χ0n) is 17.5. The van der Waals surface area contributed by atoms with Crippen molar-refractivity contribution in [3.8, 4) is 0 Å². The Morgan fingerprint density at radius 1 is 0.750 bits per heavy atom. The van der Waals surface area contributed by atoms with E-state index in [2.05, 4.69) is 0 Å². The molecule has 32 heavy (non-hydrogen) atoms. The molecule has 2 aromatic heterocycles. The van der Waals surface area contributed by atoms with Gasteiger partial charge in [-0.3, -0.25) is 9.59 Å². The Labute approximate surface area is 185 Å². The zero-order chi connectivity index (χ0) is 21.9. The van der Waals surface area contributed by atoms with Gasteiger partial charge in [-0.25, -0.2) is 0 Å². The first-order chi connectivity index (χ1) is 15.7. The third-order valence-electron chi connectivity index (χ3n) is 5.67. The Morgan fingerprint density at radius 2 is 1.38 bits per heavy atom. The lowest BCUT2D eigenvalue weighted by Crippen LogP contribution is -2.33. The number of pyridine rings is 1. The molecule has 0 unspecified atom stereocenters. The van der Waals surface area contributed by atoms with Gasteiger partial charge in [0.05, 0.1) is 23.8 Å². The molecule has 0 spiro atoms. The van der Waals surface area contributed by atoms with Crippen LogP contribution in [0, 0.1) is 0 Å². The molecule has 158 valence electrons. The number of carbonyl (C=O) groups is 1. The van der Waals surface area contributed by atoms with Crippen molar-refractivity contribution in [2.75, 3.05) is 0 Å². The fourth-order valence-corrected chi connectivity index (χ4v) is 4.11. The Kier molecular flexibility index (Phi) is 5.30. The van der Waals surface area contributed by atoms with E-state index in [0.717, 1.165) is 22.4 Å². The van der Waals surface area contributed by atoms with Crippen LogP contribution in [0.1, 0.15) is 11.3 Å². The second-order valence-corrected chi connectivity index (χ2v) is 7.76. The Hall–Kier alpha value is -4.12. The Morgan fingerprint density at radius 3 is 2.00 bits per heavy atom. The number of aromatic nitrogens is 1. The van der Waals surface area contributed by atoms with E-state index in [0.29, 0.717) is 23.9 Å². The highest BCUT2D eigenvalue weighted by molar-refractivity contribution is 5.94. The molecule has 3 aromatic carbocycles. The number of carbonyl (C=O) groups excluding carboxylic acids is 1. The SMILES string of the molecule is O=C(Cn1c2ccccc2c(=O)c2ccccc21)N(Cc1ccccc1)Cc1ccco1. The maximum atomic E-state index is 13.6. The van der Waals surface area contributed by atoms with Crippen molar-refractivity contribution in [2.45, 2.75) is 19.6 Å². The molecule has 1 amide bonds. The average Bonchev–Trinajstić information content (AvgIpc) is 3.35. The minimum atomic E-state index is -0.0517. The van der Waals surface area contributed by atoms with Gasteiger partial charge in [-0.2, -0.15) is 0 Å². The van der Waals surface area contributed by atoms with Crippen LogP contribution >= 0.6 is 0 Å². The van der Waals surface area contributed by atoms with Gasteiger partial charge in [0.15, 0.2) is 5.43 Å². The van der Waals surface area contributed by atoms with E-state index in [-0.39, 0.29) is 17.9 Å². The summed E-state index contributed by atoms with van der Waals surface area (Å²) in [7, 11) is 0. The second-order valence-electron chi connectivity index (χ2n) is 7.76. The van der Waals surface area contributed by atoms with Gasteiger partial charge in [0.1, 0.15) is 12.3 Å². The van der Waals surface area contributed by atoms with Gasteiger partial charge < -0.3 is 13.9 Å². The molecule has 0 atom stereocenters. The minimum Gasteiger partial charge on any atom is -0.467 e. The maximum absolute atomic E-state index is 13.6. The summed E-state index contributed by atoms with van der Waals surface area (Å²) in [5.41, 5.74) is 2.53. The lowest BCUT2D eigenvalue weighted by Gasteiger charge is -2.24. The molecule has 5 aromatic rings. The van der Waals surface area contributed by atoms with Crippen molar-refractivity contribution < 1.29 is 9.21 Å². The molecule has 5 nitrogen and oxygen atoms in total. The van der Waals surface area contributed by atoms with Crippen molar-refractivity contribution in [1.82, 2.24) is 9.47 Å². The lowest BCUT2D eigenvalue weighted by molar-refractivity contribution is -0.133. The highest BCUT2D eigenvalue weighted by atomic mass is 16.3. The summed E-state index contributed by atoms with van der Waals surface area (Å²) in [6.07, 6.45) is 1.61. The lowest BCUT2D eigenvalue weighted by atomic mass is 10.1.